The van der Waals surface area contributed by atoms with Crippen LogP contribution in [0.2, 0.25) is 5.02 Å². The first kappa shape index (κ1) is 30.5. The summed E-state index contributed by atoms with van der Waals surface area (Å²) in [5.41, 5.74) is 1.30. The fourth-order valence-electron chi connectivity index (χ4n) is 5.13. The number of amides is 2. The van der Waals surface area contributed by atoms with E-state index in [1.54, 1.807) is 18.2 Å². The van der Waals surface area contributed by atoms with Gasteiger partial charge in [0, 0.05) is 29.6 Å². The van der Waals surface area contributed by atoms with Crippen LogP contribution in [-0.2, 0) is 32.6 Å². The number of hydrogen-bond acceptors (Lipinski definition) is 4. The van der Waals surface area contributed by atoms with Gasteiger partial charge in [-0.25, -0.2) is 12.8 Å². The Hall–Kier alpha value is -3.43. The molecule has 0 saturated heterocycles. The summed E-state index contributed by atoms with van der Waals surface area (Å²) >= 11 is 6.00. The molecule has 3 aromatic carbocycles. The van der Waals surface area contributed by atoms with Gasteiger partial charge in [0.25, 0.3) is 0 Å². The number of halogens is 2. The third kappa shape index (κ3) is 8.53. The van der Waals surface area contributed by atoms with Crippen LogP contribution in [0.4, 0.5) is 10.1 Å². The van der Waals surface area contributed by atoms with E-state index >= 15 is 0 Å². The van der Waals surface area contributed by atoms with Crippen molar-refractivity contribution in [1.82, 2.24) is 10.2 Å². The third-order valence-electron chi connectivity index (χ3n) is 7.31. The molecular formula is C31H35ClFN3O4S. The summed E-state index contributed by atoms with van der Waals surface area (Å²) in [4.78, 5) is 29.3. The van der Waals surface area contributed by atoms with Gasteiger partial charge in [-0.3, -0.25) is 13.9 Å². The van der Waals surface area contributed by atoms with Crippen molar-refractivity contribution >= 4 is 39.1 Å². The van der Waals surface area contributed by atoms with Crippen LogP contribution in [-0.4, -0.2) is 50.0 Å². The zero-order chi connectivity index (χ0) is 29.4. The van der Waals surface area contributed by atoms with Crippen LogP contribution in [0.5, 0.6) is 0 Å². The van der Waals surface area contributed by atoms with Gasteiger partial charge in [0.15, 0.2) is 0 Å². The molecule has 1 N–H and O–H groups in total. The minimum absolute atomic E-state index is 0.0125. The normalized spacial score (nSPS) is 14.7. The molecule has 1 aliphatic rings. The molecule has 218 valence electrons. The fraction of sp³-hybridized carbons (Fsp3) is 0.355. The van der Waals surface area contributed by atoms with E-state index in [0.29, 0.717) is 5.02 Å². The summed E-state index contributed by atoms with van der Waals surface area (Å²) in [6.45, 7) is -0.782. The minimum atomic E-state index is -3.90. The predicted molar refractivity (Wildman–Crippen MR) is 160 cm³/mol. The molecule has 0 heterocycles. The van der Waals surface area contributed by atoms with E-state index < -0.39 is 34.3 Å². The van der Waals surface area contributed by atoms with Gasteiger partial charge in [0.05, 0.1) is 11.9 Å². The van der Waals surface area contributed by atoms with Gasteiger partial charge < -0.3 is 10.2 Å². The van der Waals surface area contributed by atoms with E-state index in [1.165, 1.54) is 35.2 Å². The predicted octanol–water partition coefficient (Wildman–Crippen LogP) is 5.33. The molecule has 4 rings (SSSR count). The lowest BCUT2D eigenvalue weighted by atomic mass is 9.94. The Morgan fingerprint density at radius 3 is 2.22 bits per heavy atom. The molecule has 0 aromatic heterocycles. The van der Waals surface area contributed by atoms with Crippen LogP contribution < -0.4 is 9.62 Å². The first-order chi connectivity index (χ1) is 19.6. The number of rotatable bonds is 11. The lowest BCUT2D eigenvalue weighted by Gasteiger charge is -2.35. The third-order valence-corrected chi connectivity index (χ3v) is 8.71. The topological polar surface area (TPSA) is 86.8 Å². The van der Waals surface area contributed by atoms with Crippen molar-refractivity contribution < 1.29 is 22.4 Å². The molecule has 0 spiro atoms. The summed E-state index contributed by atoms with van der Waals surface area (Å²) < 4.78 is 41.5. The second-order valence-electron chi connectivity index (χ2n) is 10.4. The number of benzene rings is 3. The number of nitrogens with zero attached hydrogens (tertiary/aromatic N) is 2. The highest BCUT2D eigenvalue weighted by Gasteiger charge is 2.34. The minimum Gasteiger partial charge on any atom is -0.352 e. The molecule has 1 aliphatic carbocycles. The maximum absolute atomic E-state index is 14.9. The Labute approximate surface area is 246 Å². The lowest BCUT2D eigenvalue weighted by molar-refractivity contribution is -0.140. The molecule has 7 nitrogen and oxygen atoms in total. The maximum atomic E-state index is 14.9. The molecule has 10 heteroatoms. The second-order valence-corrected chi connectivity index (χ2v) is 12.8. The average molecular weight is 600 g/mol. The highest BCUT2D eigenvalue weighted by atomic mass is 35.5. The molecule has 1 atom stereocenters. The summed E-state index contributed by atoms with van der Waals surface area (Å²) in [7, 11) is -3.90. The number of carbonyl (C=O) groups is 2. The van der Waals surface area contributed by atoms with Crippen LogP contribution in [0.3, 0.4) is 0 Å². The largest absolute Gasteiger partial charge is 0.352 e. The number of carbonyl (C=O) groups excluding carboxylic acids is 2. The number of nitrogens with one attached hydrogen (secondary N) is 1. The smallest absolute Gasteiger partial charge is 0.244 e. The van der Waals surface area contributed by atoms with Gasteiger partial charge in [-0.1, -0.05) is 79.4 Å². The molecule has 2 amide bonds. The van der Waals surface area contributed by atoms with Crippen molar-refractivity contribution in [3.8, 4) is 0 Å². The molecule has 41 heavy (non-hydrogen) atoms. The van der Waals surface area contributed by atoms with Crippen LogP contribution in [0, 0.1) is 5.82 Å². The molecule has 0 unspecified atom stereocenters. The summed E-state index contributed by atoms with van der Waals surface area (Å²) in [5, 5.41) is 3.54. The molecule has 0 aliphatic heterocycles. The summed E-state index contributed by atoms with van der Waals surface area (Å²) in [5.74, 6) is -1.50. The first-order valence-corrected chi connectivity index (χ1v) is 15.9. The highest BCUT2D eigenvalue weighted by Crippen LogP contribution is 2.23. The van der Waals surface area contributed by atoms with E-state index in [4.69, 9.17) is 11.6 Å². The van der Waals surface area contributed by atoms with Crippen molar-refractivity contribution in [2.75, 3.05) is 17.1 Å². The van der Waals surface area contributed by atoms with Gasteiger partial charge in [0.2, 0.25) is 21.8 Å². The van der Waals surface area contributed by atoms with Gasteiger partial charge in [-0.05, 0) is 48.7 Å². The monoisotopic (exact) mass is 599 g/mol. The van der Waals surface area contributed by atoms with Crippen LogP contribution >= 0.6 is 11.6 Å². The van der Waals surface area contributed by atoms with Gasteiger partial charge >= 0.3 is 0 Å². The number of sulfonamides is 1. The van der Waals surface area contributed by atoms with E-state index in [9.17, 15) is 22.4 Å². The van der Waals surface area contributed by atoms with E-state index in [-0.39, 0.29) is 36.2 Å². The standard InChI is InChI=1S/C31H35ClFN3O4S/c1-41(39,40)36(27-18-16-25(32)17-19-27)22-30(37)35(21-24-12-8-9-15-28(24)33)29(20-23-10-4-2-5-11-23)31(38)34-26-13-6-3-7-14-26/h2,4-5,8-12,15-19,26,29H,3,6-7,13-14,20-22H2,1H3,(H,34,38)/t29-/m0/s1. The summed E-state index contributed by atoms with van der Waals surface area (Å²) in [6, 6.07) is 20.4. The molecule has 1 fully saturated rings. The van der Waals surface area contributed by atoms with Gasteiger partial charge in [-0.15, -0.1) is 0 Å². The van der Waals surface area contributed by atoms with Gasteiger partial charge in [-0.2, -0.15) is 0 Å². The Kier molecular flexibility index (Phi) is 10.4. The Bertz CT molecular complexity index is 1430. The Morgan fingerprint density at radius 2 is 1.59 bits per heavy atom. The first-order valence-electron chi connectivity index (χ1n) is 13.7. The van der Waals surface area contributed by atoms with Crippen molar-refractivity contribution in [3.05, 3.63) is 101 Å². The molecular weight excluding hydrogens is 565 g/mol. The van der Waals surface area contributed by atoms with Crippen molar-refractivity contribution in [2.24, 2.45) is 0 Å². The van der Waals surface area contributed by atoms with E-state index in [0.717, 1.165) is 48.2 Å². The quantitative estimate of drug-likeness (QED) is 0.323. The highest BCUT2D eigenvalue weighted by molar-refractivity contribution is 7.92. The number of hydrogen-bond donors (Lipinski definition) is 1. The summed E-state index contributed by atoms with van der Waals surface area (Å²) in [6.07, 6.45) is 6.02. The maximum Gasteiger partial charge on any atom is 0.244 e. The van der Waals surface area contributed by atoms with E-state index in [2.05, 4.69) is 5.32 Å². The van der Waals surface area contributed by atoms with Crippen molar-refractivity contribution in [2.45, 2.75) is 57.2 Å². The van der Waals surface area contributed by atoms with Gasteiger partial charge in [0.1, 0.15) is 18.4 Å². The van der Waals surface area contributed by atoms with Crippen LogP contribution in [0.25, 0.3) is 0 Å². The van der Waals surface area contributed by atoms with E-state index in [1.807, 2.05) is 30.3 Å². The average Bonchev–Trinajstić information content (AvgIpc) is 2.95. The van der Waals surface area contributed by atoms with Crippen LogP contribution in [0.15, 0.2) is 78.9 Å². The SMILES string of the molecule is CS(=O)(=O)N(CC(=O)N(Cc1ccccc1F)[C@@H](Cc1ccccc1)C(=O)NC1CCCCC1)c1ccc(Cl)cc1. The Balaban J connectivity index is 1.72. The molecule has 3 aromatic rings. The molecule has 0 bridgehead atoms. The zero-order valence-electron chi connectivity index (χ0n) is 23.0. The number of anilines is 1. The lowest BCUT2D eigenvalue weighted by Crippen LogP contribution is -2.55. The van der Waals surface area contributed by atoms with Crippen molar-refractivity contribution in [3.63, 3.8) is 0 Å². The zero-order valence-corrected chi connectivity index (χ0v) is 24.6. The van der Waals surface area contributed by atoms with Crippen molar-refractivity contribution in [1.29, 1.82) is 0 Å². The second kappa shape index (κ2) is 14.0. The fourth-order valence-corrected chi connectivity index (χ4v) is 6.11. The molecule has 1 saturated carbocycles. The molecule has 0 radical (unpaired) electrons. The Morgan fingerprint density at radius 1 is 0.951 bits per heavy atom. The van der Waals surface area contributed by atoms with Crippen LogP contribution in [0.1, 0.15) is 43.2 Å².